The lowest BCUT2D eigenvalue weighted by Crippen LogP contribution is -2.36. The average Bonchev–Trinajstić information content (AvgIpc) is 2.49. The van der Waals surface area contributed by atoms with E-state index in [4.69, 9.17) is 16.3 Å². The monoisotopic (exact) mass is 272 g/mol. The molecule has 3 heteroatoms. The molecule has 0 atom stereocenters. The number of anilines is 1. The highest BCUT2D eigenvalue weighted by atomic mass is 35.5. The van der Waals surface area contributed by atoms with Crippen LogP contribution in [0, 0.1) is 6.07 Å². The Bertz CT molecular complexity index is 564. The SMILES string of the molecule is Clc1ccccc1-c1c[c]cc(N2CCOCC2)c1. The molecule has 1 saturated heterocycles. The second-order valence-electron chi connectivity index (χ2n) is 4.56. The molecular formula is C16H15ClNO. The minimum atomic E-state index is 0.773. The van der Waals surface area contributed by atoms with E-state index in [-0.39, 0.29) is 0 Å². The maximum absolute atomic E-state index is 6.25. The second kappa shape index (κ2) is 5.64. The summed E-state index contributed by atoms with van der Waals surface area (Å²) in [5.74, 6) is 0. The van der Waals surface area contributed by atoms with Crippen molar-refractivity contribution < 1.29 is 4.74 Å². The van der Waals surface area contributed by atoms with Crippen molar-refractivity contribution in [2.75, 3.05) is 31.2 Å². The molecule has 97 valence electrons. The van der Waals surface area contributed by atoms with Crippen LogP contribution in [0.1, 0.15) is 0 Å². The molecule has 0 aliphatic carbocycles. The van der Waals surface area contributed by atoms with Crippen LogP contribution >= 0.6 is 11.6 Å². The lowest BCUT2D eigenvalue weighted by Gasteiger charge is -2.29. The molecule has 0 saturated carbocycles. The number of hydrogen-bond donors (Lipinski definition) is 0. The fourth-order valence-corrected chi connectivity index (χ4v) is 2.56. The van der Waals surface area contributed by atoms with E-state index in [1.807, 2.05) is 36.4 Å². The molecular weight excluding hydrogens is 258 g/mol. The molecule has 1 aliphatic rings. The predicted octanol–water partition coefficient (Wildman–Crippen LogP) is 3.64. The van der Waals surface area contributed by atoms with Gasteiger partial charge in [-0.1, -0.05) is 29.8 Å². The third-order valence-electron chi connectivity index (χ3n) is 3.33. The molecule has 1 aliphatic heterocycles. The number of rotatable bonds is 2. The van der Waals surface area contributed by atoms with Crippen LogP contribution in [-0.2, 0) is 4.74 Å². The van der Waals surface area contributed by atoms with E-state index in [1.54, 1.807) is 0 Å². The van der Waals surface area contributed by atoms with Gasteiger partial charge in [-0.3, -0.25) is 0 Å². The first kappa shape index (κ1) is 12.5. The summed E-state index contributed by atoms with van der Waals surface area (Å²) >= 11 is 6.25. The normalized spacial score (nSPS) is 15.5. The fourth-order valence-electron chi connectivity index (χ4n) is 2.31. The van der Waals surface area contributed by atoms with Gasteiger partial charge in [-0.15, -0.1) is 0 Å². The Kier molecular flexibility index (Phi) is 3.72. The molecule has 1 heterocycles. The van der Waals surface area contributed by atoms with Gasteiger partial charge in [-0.25, -0.2) is 0 Å². The van der Waals surface area contributed by atoms with Crippen LogP contribution in [0.2, 0.25) is 5.02 Å². The van der Waals surface area contributed by atoms with Crippen LogP contribution in [0.25, 0.3) is 11.1 Å². The van der Waals surface area contributed by atoms with Gasteiger partial charge in [0, 0.05) is 29.4 Å². The minimum absolute atomic E-state index is 0.773. The van der Waals surface area contributed by atoms with Crippen molar-refractivity contribution in [3.05, 3.63) is 53.6 Å². The summed E-state index contributed by atoms with van der Waals surface area (Å²) in [6.45, 7) is 3.44. The zero-order chi connectivity index (χ0) is 13.1. The maximum Gasteiger partial charge on any atom is 0.0642 e. The fraction of sp³-hybridized carbons (Fsp3) is 0.250. The first-order valence-corrected chi connectivity index (χ1v) is 6.81. The zero-order valence-electron chi connectivity index (χ0n) is 10.6. The Morgan fingerprint density at radius 1 is 1.11 bits per heavy atom. The summed E-state index contributed by atoms with van der Waals surface area (Å²) < 4.78 is 5.38. The first-order valence-electron chi connectivity index (χ1n) is 6.43. The largest absolute Gasteiger partial charge is 0.378 e. The molecule has 0 unspecified atom stereocenters. The van der Waals surface area contributed by atoms with Gasteiger partial charge in [-0.05, 0) is 35.9 Å². The Morgan fingerprint density at radius 3 is 2.68 bits per heavy atom. The lowest BCUT2D eigenvalue weighted by molar-refractivity contribution is 0.122. The number of hydrogen-bond acceptors (Lipinski definition) is 2. The van der Waals surface area contributed by atoms with Gasteiger partial charge in [0.15, 0.2) is 0 Å². The van der Waals surface area contributed by atoms with Gasteiger partial charge >= 0.3 is 0 Å². The van der Waals surface area contributed by atoms with Gasteiger partial charge < -0.3 is 9.64 Å². The first-order chi connectivity index (χ1) is 9.34. The van der Waals surface area contributed by atoms with E-state index in [1.165, 1.54) is 5.69 Å². The van der Waals surface area contributed by atoms with Crippen molar-refractivity contribution in [2.45, 2.75) is 0 Å². The number of benzene rings is 2. The number of ether oxygens (including phenoxy) is 1. The van der Waals surface area contributed by atoms with E-state index in [0.717, 1.165) is 42.5 Å². The summed E-state index contributed by atoms with van der Waals surface area (Å²) in [6.07, 6.45) is 0. The highest BCUT2D eigenvalue weighted by Gasteiger charge is 2.12. The van der Waals surface area contributed by atoms with Crippen LogP contribution in [-0.4, -0.2) is 26.3 Å². The van der Waals surface area contributed by atoms with Crippen molar-refractivity contribution in [3.63, 3.8) is 0 Å². The zero-order valence-corrected chi connectivity index (χ0v) is 11.4. The van der Waals surface area contributed by atoms with E-state index in [9.17, 15) is 0 Å². The molecule has 0 amide bonds. The van der Waals surface area contributed by atoms with Crippen LogP contribution < -0.4 is 4.90 Å². The third kappa shape index (κ3) is 2.75. The molecule has 0 N–H and O–H groups in total. The van der Waals surface area contributed by atoms with Crippen LogP contribution in [0.5, 0.6) is 0 Å². The Labute approximate surface area is 118 Å². The maximum atomic E-state index is 6.25. The quantitative estimate of drug-likeness (QED) is 0.828. The molecule has 2 aromatic carbocycles. The van der Waals surface area contributed by atoms with Gasteiger partial charge in [0.25, 0.3) is 0 Å². The Morgan fingerprint density at radius 2 is 1.89 bits per heavy atom. The molecule has 19 heavy (non-hydrogen) atoms. The number of nitrogens with zero attached hydrogens (tertiary/aromatic N) is 1. The molecule has 2 aromatic rings. The van der Waals surface area contributed by atoms with E-state index in [2.05, 4.69) is 17.0 Å². The van der Waals surface area contributed by atoms with Crippen molar-refractivity contribution in [1.29, 1.82) is 0 Å². The highest BCUT2D eigenvalue weighted by molar-refractivity contribution is 6.33. The molecule has 0 aromatic heterocycles. The van der Waals surface area contributed by atoms with E-state index < -0.39 is 0 Å². The molecule has 2 nitrogen and oxygen atoms in total. The minimum Gasteiger partial charge on any atom is -0.378 e. The van der Waals surface area contributed by atoms with Gasteiger partial charge in [0.05, 0.1) is 13.2 Å². The van der Waals surface area contributed by atoms with E-state index in [0.29, 0.717) is 0 Å². The standard InChI is InChI=1S/C16H15ClNO/c17-16-7-2-1-6-15(16)13-4-3-5-14(12-13)18-8-10-19-11-9-18/h1-2,4-7,12H,8-11H2. The van der Waals surface area contributed by atoms with Crippen LogP contribution in [0.15, 0.2) is 42.5 Å². The van der Waals surface area contributed by atoms with Crippen molar-refractivity contribution in [3.8, 4) is 11.1 Å². The molecule has 1 radical (unpaired) electrons. The summed E-state index contributed by atoms with van der Waals surface area (Å²) in [7, 11) is 0. The molecule has 0 bridgehead atoms. The van der Waals surface area contributed by atoms with Crippen LogP contribution in [0.4, 0.5) is 5.69 Å². The average molecular weight is 273 g/mol. The summed E-state index contributed by atoms with van der Waals surface area (Å²) in [4.78, 5) is 2.32. The van der Waals surface area contributed by atoms with Crippen molar-refractivity contribution >= 4 is 17.3 Å². The topological polar surface area (TPSA) is 12.5 Å². The molecule has 3 rings (SSSR count). The number of morpholine rings is 1. The Hall–Kier alpha value is -1.51. The molecule has 1 fully saturated rings. The Balaban J connectivity index is 1.93. The van der Waals surface area contributed by atoms with Gasteiger partial charge in [-0.2, -0.15) is 0 Å². The van der Waals surface area contributed by atoms with Gasteiger partial charge in [0.2, 0.25) is 0 Å². The van der Waals surface area contributed by atoms with E-state index >= 15 is 0 Å². The summed E-state index contributed by atoms with van der Waals surface area (Å²) in [6, 6.07) is 17.3. The van der Waals surface area contributed by atoms with Crippen molar-refractivity contribution in [1.82, 2.24) is 0 Å². The second-order valence-corrected chi connectivity index (χ2v) is 4.97. The lowest BCUT2D eigenvalue weighted by atomic mass is 10.0. The summed E-state index contributed by atoms with van der Waals surface area (Å²) in [5.41, 5.74) is 3.34. The third-order valence-corrected chi connectivity index (χ3v) is 3.66. The summed E-state index contributed by atoms with van der Waals surface area (Å²) in [5, 5.41) is 0.773. The number of halogens is 1. The van der Waals surface area contributed by atoms with Crippen LogP contribution in [0.3, 0.4) is 0 Å². The van der Waals surface area contributed by atoms with Gasteiger partial charge in [0.1, 0.15) is 0 Å². The smallest absolute Gasteiger partial charge is 0.0642 e. The predicted molar refractivity (Wildman–Crippen MR) is 78.8 cm³/mol. The van der Waals surface area contributed by atoms with Crippen molar-refractivity contribution in [2.24, 2.45) is 0 Å². The highest BCUT2D eigenvalue weighted by Crippen LogP contribution is 2.30. The molecule has 0 spiro atoms.